The van der Waals surface area contributed by atoms with Gasteiger partial charge in [-0.3, -0.25) is 4.79 Å². The molecular weight excluding hydrogens is 272 g/mol. The molecule has 1 aromatic heterocycles. The first kappa shape index (κ1) is 17.0. The Morgan fingerprint density at radius 1 is 1.33 bits per heavy atom. The summed E-state index contributed by atoms with van der Waals surface area (Å²) in [6.07, 6.45) is 2.73. The Balaban J connectivity index is 2.48. The molecule has 118 valence electrons. The van der Waals surface area contributed by atoms with Crippen LogP contribution in [0, 0.1) is 6.92 Å². The Bertz CT molecular complexity index is 459. The van der Waals surface area contributed by atoms with Crippen LogP contribution in [-0.4, -0.2) is 41.6 Å². The van der Waals surface area contributed by atoms with E-state index in [2.05, 4.69) is 22.7 Å². The molecule has 2 N–H and O–H groups in total. The van der Waals surface area contributed by atoms with Crippen LogP contribution in [0.4, 0.5) is 10.6 Å². The lowest BCUT2D eigenvalue weighted by Gasteiger charge is -2.21. The molecule has 0 spiro atoms. The third-order valence-corrected chi connectivity index (χ3v) is 2.82. The number of nitrogens with zero attached hydrogens (tertiary/aromatic N) is 2. The maximum atomic E-state index is 12.0. The zero-order valence-corrected chi connectivity index (χ0v) is 12.9. The lowest BCUT2D eigenvalue weighted by Crippen LogP contribution is -2.44. The van der Waals surface area contributed by atoms with E-state index in [0.717, 1.165) is 19.3 Å². The number of urea groups is 1. The van der Waals surface area contributed by atoms with Crippen molar-refractivity contribution < 1.29 is 14.1 Å². The van der Waals surface area contributed by atoms with Crippen LogP contribution in [0.25, 0.3) is 0 Å². The Morgan fingerprint density at radius 2 is 2.10 bits per heavy atom. The van der Waals surface area contributed by atoms with Crippen LogP contribution in [0.1, 0.15) is 38.9 Å². The van der Waals surface area contributed by atoms with E-state index in [-0.39, 0.29) is 18.5 Å². The molecule has 0 radical (unpaired) electrons. The van der Waals surface area contributed by atoms with Gasteiger partial charge in [0.1, 0.15) is 12.3 Å². The van der Waals surface area contributed by atoms with Crippen molar-refractivity contribution in [3.8, 4) is 0 Å². The molecule has 0 aliphatic heterocycles. The van der Waals surface area contributed by atoms with Crippen molar-refractivity contribution in [2.75, 3.05) is 25.0 Å². The predicted octanol–water partition coefficient (Wildman–Crippen LogP) is 2.14. The van der Waals surface area contributed by atoms with E-state index in [4.69, 9.17) is 4.52 Å². The molecule has 0 fully saturated rings. The molecule has 0 aliphatic rings. The van der Waals surface area contributed by atoms with Crippen molar-refractivity contribution in [2.24, 2.45) is 0 Å². The van der Waals surface area contributed by atoms with E-state index in [1.807, 2.05) is 6.92 Å². The molecule has 1 aromatic rings. The molecule has 1 rings (SSSR count). The average molecular weight is 296 g/mol. The van der Waals surface area contributed by atoms with Gasteiger partial charge >= 0.3 is 6.03 Å². The van der Waals surface area contributed by atoms with E-state index >= 15 is 0 Å². The van der Waals surface area contributed by atoms with Gasteiger partial charge in [0.2, 0.25) is 5.91 Å². The second-order valence-electron chi connectivity index (χ2n) is 4.88. The highest BCUT2D eigenvalue weighted by atomic mass is 16.5. The first-order valence-electron chi connectivity index (χ1n) is 7.32. The first-order chi connectivity index (χ1) is 10.1. The van der Waals surface area contributed by atoms with Gasteiger partial charge in [0.25, 0.3) is 0 Å². The minimum Gasteiger partial charge on any atom is -0.360 e. The van der Waals surface area contributed by atoms with Crippen molar-refractivity contribution in [3.63, 3.8) is 0 Å². The standard InChI is InChI=1S/C14H24N4O3/c1-4-6-7-15-14(20)18(8-5-2)10-13(19)16-12-9-11(3)21-17-12/h9H,4-8,10H2,1-3H3,(H,15,20)(H,16,17,19). The van der Waals surface area contributed by atoms with Crippen LogP contribution < -0.4 is 10.6 Å². The number of aryl methyl sites for hydroxylation is 1. The predicted molar refractivity (Wildman–Crippen MR) is 80.0 cm³/mol. The van der Waals surface area contributed by atoms with Crippen LogP contribution in [0.5, 0.6) is 0 Å². The largest absolute Gasteiger partial charge is 0.360 e. The monoisotopic (exact) mass is 296 g/mol. The van der Waals surface area contributed by atoms with Crippen molar-refractivity contribution in [1.82, 2.24) is 15.4 Å². The molecule has 0 atom stereocenters. The molecule has 7 nitrogen and oxygen atoms in total. The quantitative estimate of drug-likeness (QED) is 0.719. The summed E-state index contributed by atoms with van der Waals surface area (Å²) >= 11 is 0. The number of unbranched alkanes of at least 4 members (excludes halogenated alkanes) is 1. The maximum Gasteiger partial charge on any atom is 0.317 e. The van der Waals surface area contributed by atoms with Gasteiger partial charge in [-0.15, -0.1) is 0 Å². The van der Waals surface area contributed by atoms with E-state index in [9.17, 15) is 9.59 Å². The number of nitrogens with one attached hydrogen (secondary N) is 2. The van der Waals surface area contributed by atoms with E-state index in [1.54, 1.807) is 13.0 Å². The van der Waals surface area contributed by atoms with Crippen LogP contribution in [-0.2, 0) is 4.79 Å². The fraction of sp³-hybridized carbons (Fsp3) is 0.643. The Kier molecular flexibility index (Phi) is 7.28. The SMILES string of the molecule is CCCCNC(=O)N(CCC)CC(=O)Nc1cc(C)on1. The normalized spacial score (nSPS) is 10.2. The van der Waals surface area contributed by atoms with Crippen LogP contribution in [0.2, 0.25) is 0 Å². The van der Waals surface area contributed by atoms with Crippen LogP contribution >= 0.6 is 0 Å². The number of carbonyl (C=O) groups excluding carboxylic acids is 2. The van der Waals surface area contributed by atoms with Crippen LogP contribution in [0.3, 0.4) is 0 Å². The summed E-state index contributed by atoms with van der Waals surface area (Å²) in [5.41, 5.74) is 0. The highest BCUT2D eigenvalue weighted by Crippen LogP contribution is 2.07. The van der Waals surface area contributed by atoms with Gasteiger partial charge < -0.3 is 20.1 Å². The minimum atomic E-state index is -0.289. The van der Waals surface area contributed by atoms with Gasteiger partial charge in [-0.25, -0.2) is 4.79 Å². The van der Waals surface area contributed by atoms with Crippen LogP contribution in [0.15, 0.2) is 10.6 Å². The van der Waals surface area contributed by atoms with Gasteiger partial charge in [-0.1, -0.05) is 25.4 Å². The number of aromatic nitrogens is 1. The summed E-state index contributed by atoms with van der Waals surface area (Å²) in [7, 11) is 0. The second kappa shape index (κ2) is 8.99. The fourth-order valence-corrected chi connectivity index (χ4v) is 1.79. The molecule has 1 heterocycles. The summed E-state index contributed by atoms with van der Waals surface area (Å²) < 4.78 is 4.87. The minimum absolute atomic E-state index is 0.00228. The van der Waals surface area contributed by atoms with Gasteiger partial charge in [0, 0.05) is 19.2 Å². The fourth-order valence-electron chi connectivity index (χ4n) is 1.79. The smallest absolute Gasteiger partial charge is 0.317 e. The van der Waals surface area contributed by atoms with Gasteiger partial charge in [0.15, 0.2) is 5.82 Å². The first-order valence-corrected chi connectivity index (χ1v) is 7.32. The summed E-state index contributed by atoms with van der Waals surface area (Å²) in [6.45, 7) is 6.92. The van der Waals surface area contributed by atoms with Gasteiger partial charge in [-0.2, -0.15) is 0 Å². The van der Waals surface area contributed by atoms with Crippen molar-refractivity contribution in [2.45, 2.75) is 40.0 Å². The van der Waals surface area contributed by atoms with Crippen molar-refractivity contribution in [3.05, 3.63) is 11.8 Å². The number of carbonyl (C=O) groups is 2. The molecule has 0 saturated carbocycles. The Hall–Kier alpha value is -2.05. The molecule has 0 saturated heterocycles. The molecule has 3 amide bonds. The number of amides is 3. The summed E-state index contributed by atoms with van der Waals surface area (Å²) in [5.74, 6) is 0.691. The summed E-state index contributed by atoms with van der Waals surface area (Å²) in [5, 5.41) is 9.11. The number of rotatable bonds is 8. The molecule has 21 heavy (non-hydrogen) atoms. The summed E-state index contributed by atoms with van der Waals surface area (Å²) in [4.78, 5) is 25.4. The third-order valence-electron chi connectivity index (χ3n) is 2.82. The number of hydrogen-bond donors (Lipinski definition) is 2. The molecule has 0 bridgehead atoms. The molecule has 7 heteroatoms. The Morgan fingerprint density at radius 3 is 2.67 bits per heavy atom. The highest BCUT2D eigenvalue weighted by Gasteiger charge is 2.16. The highest BCUT2D eigenvalue weighted by molar-refractivity contribution is 5.93. The van der Waals surface area contributed by atoms with E-state index < -0.39 is 0 Å². The van der Waals surface area contributed by atoms with Crippen molar-refractivity contribution in [1.29, 1.82) is 0 Å². The number of hydrogen-bond acceptors (Lipinski definition) is 4. The second-order valence-corrected chi connectivity index (χ2v) is 4.88. The molecular formula is C14H24N4O3. The maximum absolute atomic E-state index is 12.0. The number of anilines is 1. The van der Waals surface area contributed by atoms with Gasteiger partial charge in [-0.05, 0) is 19.8 Å². The molecule has 0 aliphatic carbocycles. The Labute approximate surface area is 125 Å². The summed E-state index contributed by atoms with van der Waals surface area (Å²) in [6, 6.07) is 1.42. The lowest BCUT2D eigenvalue weighted by molar-refractivity contribution is -0.116. The van der Waals surface area contributed by atoms with E-state index in [1.165, 1.54) is 4.90 Å². The zero-order valence-electron chi connectivity index (χ0n) is 12.9. The zero-order chi connectivity index (χ0) is 15.7. The lowest BCUT2D eigenvalue weighted by atomic mass is 10.3. The van der Waals surface area contributed by atoms with Gasteiger partial charge in [0.05, 0.1) is 0 Å². The molecule has 0 aromatic carbocycles. The van der Waals surface area contributed by atoms with E-state index in [0.29, 0.717) is 24.7 Å². The average Bonchev–Trinajstić information content (AvgIpc) is 2.83. The van der Waals surface area contributed by atoms with Crippen molar-refractivity contribution >= 4 is 17.8 Å². The molecule has 0 unspecified atom stereocenters. The third kappa shape index (κ3) is 6.29. The topological polar surface area (TPSA) is 87.5 Å².